The fraction of sp³-hybridized carbons (Fsp3) is 0.211. The highest BCUT2D eigenvalue weighted by Gasteiger charge is 2.10. The molecule has 24 heavy (non-hydrogen) atoms. The molecule has 5 nitrogen and oxygen atoms in total. The predicted molar refractivity (Wildman–Crippen MR) is 92.7 cm³/mol. The predicted octanol–water partition coefficient (Wildman–Crippen LogP) is 2.89. The quantitative estimate of drug-likeness (QED) is 0.758. The second kappa shape index (κ2) is 7.55. The summed E-state index contributed by atoms with van der Waals surface area (Å²) in [5.74, 6) is 0.972. The number of aryl methyl sites for hydroxylation is 1. The molecule has 0 aliphatic carbocycles. The first-order valence-corrected chi connectivity index (χ1v) is 7.95. The summed E-state index contributed by atoms with van der Waals surface area (Å²) < 4.78 is 5.65. The molecule has 3 rings (SSSR count). The Labute approximate surface area is 140 Å². The number of nitrogens with one attached hydrogen (secondary N) is 1. The van der Waals surface area contributed by atoms with Crippen LogP contribution in [0, 0.1) is 0 Å². The lowest BCUT2D eigenvalue weighted by Gasteiger charge is -2.10. The molecule has 1 heterocycles. The fourth-order valence-corrected chi connectivity index (χ4v) is 2.34. The molecule has 122 valence electrons. The van der Waals surface area contributed by atoms with Crippen LogP contribution in [0.1, 0.15) is 18.3 Å². The molecule has 5 heteroatoms. The van der Waals surface area contributed by atoms with Crippen molar-refractivity contribution in [1.82, 2.24) is 15.3 Å². The number of para-hydroxylation sites is 1. The van der Waals surface area contributed by atoms with Gasteiger partial charge in [0.15, 0.2) is 6.61 Å². The highest BCUT2D eigenvalue weighted by molar-refractivity contribution is 5.84. The molecule has 0 radical (unpaired) electrons. The number of nitrogens with zero attached hydrogens (tertiary/aromatic N) is 2. The highest BCUT2D eigenvalue weighted by Crippen LogP contribution is 2.22. The number of carbonyl (C=O) groups excluding carboxylic acids is 1. The molecule has 0 spiro atoms. The van der Waals surface area contributed by atoms with Gasteiger partial charge < -0.3 is 10.1 Å². The van der Waals surface area contributed by atoms with Gasteiger partial charge in [-0.1, -0.05) is 49.4 Å². The van der Waals surface area contributed by atoms with Crippen molar-refractivity contribution in [3.8, 4) is 5.88 Å². The van der Waals surface area contributed by atoms with Crippen LogP contribution in [0.3, 0.4) is 0 Å². The van der Waals surface area contributed by atoms with E-state index in [4.69, 9.17) is 4.74 Å². The van der Waals surface area contributed by atoms with Crippen molar-refractivity contribution in [2.45, 2.75) is 19.9 Å². The highest BCUT2D eigenvalue weighted by atomic mass is 16.5. The average Bonchev–Trinajstić information content (AvgIpc) is 2.65. The SMILES string of the molecule is CCc1nc(OCC(=O)NCc2ccccc2)c2ccccc2n1. The number of amides is 1. The van der Waals surface area contributed by atoms with E-state index in [1.807, 2.05) is 61.5 Å². The Morgan fingerprint density at radius 3 is 2.58 bits per heavy atom. The molecule has 0 bridgehead atoms. The van der Waals surface area contributed by atoms with Gasteiger partial charge in [-0.25, -0.2) is 4.98 Å². The number of aromatic nitrogens is 2. The topological polar surface area (TPSA) is 64.1 Å². The third-order valence-electron chi connectivity index (χ3n) is 3.60. The minimum absolute atomic E-state index is 0.0724. The van der Waals surface area contributed by atoms with E-state index in [1.54, 1.807) is 0 Å². The Morgan fingerprint density at radius 2 is 1.79 bits per heavy atom. The van der Waals surface area contributed by atoms with Gasteiger partial charge in [-0.3, -0.25) is 4.79 Å². The monoisotopic (exact) mass is 321 g/mol. The third-order valence-corrected chi connectivity index (χ3v) is 3.60. The van der Waals surface area contributed by atoms with Crippen LogP contribution >= 0.6 is 0 Å². The number of fused-ring (bicyclic) bond motifs is 1. The van der Waals surface area contributed by atoms with Crippen LogP contribution < -0.4 is 10.1 Å². The first-order valence-electron chi connectivity index (χ1n) is 7.95. The van der Waals surface area contributed by atoms with E-state index in [1.165, 1.54) is 0 Å². The first-order chi connectivity index (χ1) is 11.8. The van der Waals surface area contributed by atoms with E-state index in [2.05, 4.69) is 15.3 Å². The van der Waals surface area contributed by atoms with Crippen molar-refractivity contribution in [2.75, 3.05) is 6.61 Å². The smallest absolute Gasteiger partial charge is 0.258 e. The summed E-state index contributed by atoms with van der Waals surface area (Å²) in [6, 6.07) is 17.4. The first kappa shape index (κ1) is 15.9. The Balaban J connectivity index is 1.65. The second-order valence-electron chi connectivity index (χ2n) is 5.37. The van der Waals surface area contributed by atoms with E-state index in [9.17, 15) is 4.79 Å². The van der Waals surface area contributed by atoms with Gasteiger partial charge >= 0.3 is 0 Å². The van der Waals surface area contributed by atoms with Gasteiger partial charge in [0.05, 0.1) is 10.9 Å². The maximum Gasteiger partial charge on any atom is 0.258 e. The molecule has 3 aromatic rings. The zero-order chi connectivity index (χ0) is 16.8. The Morgan fingerprint density at radius 1 is 1.04 bits per heavy atom. The summed E-state index contributed by atoms with van der Waals surface area (Å²) in [6.07, 6.45) is 0.710. The van der Waals surface area contributed by atoms with Crippen molar-refractivity contribution >= 4 is 16.8 Å². The number of ether oxygens (including phenoxy) is 1. The lowest BCUT2D eigenvalue weighted by atomic mass is 10.2. The van der Waals surface area contributed by atoms with Crippen LogP contribution in [0.15, 0.2) is 54.6 Å². The van der Waals surface area contributed by atoms with E-state index >= 15 is 0 Å². The van der Waals surface area contributed by atoms with E-state index in [0.717, 1.165) is 16.5 Å². The number of hydrogen-bond acceptors (Lipinski definition) is 4. The van der Waals surface area contributed by atoms with Gasteiger partial charge in [-0.15, -0.1) is 0 Å². The number of carbonyl (C=O) groups is 1. The van der Waals surface area contributed by atoms with Gasteiger partial charge in [0.1, 0.15) is 5.82 Å². The third kappa shape index (κ3) is 3.87. The van der Waals surface area contributed by atoms with Gasteiger partial charge in [0.25, 0.3) is 5.91 Å². The summed E-state index contributed by atoms with van der Waals surface area (Å²) in [7, 11) is 0. The second-order valence-corrected chi connectivity index (χ2v) is 5.37. The number of hydrogen-bond donors (Lipinski definition) is 1. The Hall–Kier alpha value is -2.95. The molecule has 1 aromatic heterocycles. The molecular weight excluding hydrogens is 302 g/mol. The summed E-state index contributed by atoms with van der Waals surface area (Å²) in [4.78, 5) is 20.9. The number of benzene rings is 2. The summed E-state index contributed by atoms with van der Waals surface area (Å²) >= 11 is 0. The van der Waals surface area contributed by atoms with Gasteiger partial charge in [0, 0.05) is 13.0 Å². The van der Waals surface area contributed by atoms with Crippen LogP contribution in [0.5, 0.6) is 5.88 Å². The molecule has 0 aliphatic heterocycles. The lowest BCUT2D eigenvalue weighted by molar-refractivity contribution is -0.123. The summed E-state index contributed by atoms with van der Waals surface area (Å²) in [6.45, 7) is 2.39. The average molecular weight is 321 g/mol. The van der Waals surface area contributed by atoms with Crippen LogP contribution in [-0.2, 0) is 17.8 Å². The van der Waals surface area contributed by atoms with E-state index in [0.29, 0.717) is 24.7 Å². The molecule has 0 fully saturated rings. The zero-order valence-corrected chi connectivity index (χ0v) is 13.5. The van der Waals surface area contributed by atoms with E-state index in [-0.39, 0.29) is 12.5 Å². The maximum absolute atomic E-state index is 12.0. The van der Waals surface area contributed by atoms with Crippen molar-refractivity contribution in [3.05, 3.63) is 66.0 Å². The van der Waals surface area contributed by atoms with Crippen LogP contribution in [0.4, 0.5) is 0 Å². The fourth-order valence-electron chi connectivity index (χ4n) is 2.34. The van der Waals surface area contributed by atoms with Gasteiger partial charge in [0.2, 0.25) is 5.88 Å². The molecule has 2 aromatic carbocycles. The molecular formula is C19H19N3O2. The zero-order valence-electron chi connectivity index (χ0n) is 13.5. The van der Waals surface area contributed by atoms with Crippen molar-refractivity contribution in [1.29, 1.82) is 0 Å². The molecule has 1 N–H and O–H groups in total. The molecule has 0 saturated carbocycles. The molecule has 0 saturated heterocycles. The van der Waals surface area contributed by atoms with Crippen molar-refractivity contribution in [3.63, 3.8) is 0 Å². The van der Waals surface area contributed by atoms with Crippen molar-refractivity contribution in [2.24, 2.45) is 0 Å². The van der Waals surface area contributed by atoms with Crippen LogP contribution in [0.25, 0.3) is 10.9 Å². The standard InChI is InChI=1S/C19H19N3O2/c1-2-17-21-16-11-7-6-10-15(16)19(22-17)24-13-18(23)20-12-14-8-4-3-5-9-14/h3-11H,2,12-13H2,1H3,(H,20,23). The summed E-state index contributed by atoms with van der Waals surface area (Å²) in [5, 5.41) is 3.65. The van der Waals surface area contributed by atoms with Crippen molar-refractivity contribution < 1.29 is 9.53 Å². The molecule has 1 amide bonds. The van der Waals surface area contributed by atoms with Gasteiger partial charge in [-0.2, -0.15) is 4.98 Å². The molecule has 0 atom stereocenters. The molecule has 0 aliphatic rings. The van der Waals surface area contributed by atoms with E-state index < -0.39 is 0 Å². The van der Waals surface area contributed by atoms with Crippen LogP contribution in [0.2, 0.25) is 0 Å². The largest absolute Gasteiger partial charge is 0.467 e. The Kier molecular flexibility index (Phi) is 5.01. The normalized spacial score (nSPS) is 10.5. The minimum atomic E-state index is -0.181. The number of rotatable bonds is 6. The lowest BCUT2D eigenvalue weighted by Crippen LogP contribution is -2.28. The van der Waals surface area contributed by atoms with Crippen LogP contribution in [-0.4, -0.2) is 22.5 Å². The maximum atomic E-state index is 12.0. The van der Waals surface area contributed by atoms with Gasteiger partial charge in [-0.05, 0) is 17.7 Å². The minimum Gasteiger partial charge on any atom is -0.467 e. The Bertz CT molecular complexity index is 834. The summed E-state index contributed by atoms with van der Waals surface area (Å²) in [5.41, 5.74) is 1.87. The molecule has 0 unspecified atom stereocenters.